The van der Waals surface area contributed by atoms with Crippen LogP contribution >= 0.6 is 22.9 Å². The van der Waals surface area contributed by atoms with Gasteiger partial charge in [-0.05, 0) is 39.7 Å². The molecule has 2 aromatic heterocycles. The molecule has 9 heteroatoms. The number of ether oxygens (including phenoxy) is 1. The molecule has 1 amide bonds. The van der Waals surface area contributed by atoms with Crippen LogP contribution in [0.2, 0.25) is 5.15 Å². The van der Waals surface area contributed by atoms with E-state index in [1.807, 2.05) is 27.8 Å². The Kier molecular flexibility index (Phi) is 5.34. The molecule has 2 N–H and O–H groups in total. The average molecular weight is 396 g/mol. The number of nitrogens with zero attached hydrogens (tertiary/aromatic N) is 3. The highest BCUT2D eigenvalue weighted by Gasteiger charge is 2.35. The topological polar surface area (TPSA) is 89.0 Å². The fraction of sp³-hybridized carbons (Fsp3) is 0.529. The fourth-order valence-corrected chi connectivity index (χ4v) is 3.88. The first kappa shape index (κ1) is 18.8. The van der Waals surface area contributed by atoms with Gasteiger partial charge in [0.1, 0.15) is 15.8 Å². The Labute approximate surface area is 161 Å². The number of amides is 1. The minimum atomic E-state index is -0.487. The van der Waals surface area contributed by atoms with Crippen LogP contribution in [-0.4, -0.2) is 40.0 Å². The van der Waals surface area contributed by atoms with E-state index in [0.717, 1.165) is 34.1 Å². The third-order valence-electron chi connectivity index (χ3n) is 4.02. The SMILES string of the molecule is CNc1cc(Cl)ncc1-c1nnc(C2CC(NC(=O)OC(C)(C)C)C2)s1. The monoisotopic (exact) mass is 395 g/mol. The van der Waals surface area contributed by atoms with Crippen molar-refractivity contribution in [3.63, 3.8) is 0 Å². The van der Waals surface area contributed by atoms with Gasteiger partial charge in [-0.2, -0.15) is 0 Å². The zero-order valence-corrected chi connectivity index (χ0v) is 16.7. The molecule has 2 aromatic rings. The molecule has 3 rings (SSSR count). The summed E-state index contributed by atoms with van der Waals surface area (Å²) in [6, 6.07) is 1.88. The van der Waals surface area contributed by atoms with Gasteiger partial charge in [-0.3, -0.25) is 0 Å². The van der Waals surface area contributed by atoms with Crippen molar-refractivity contribution in [2.24, 2.45) is 0 Å². The summed E-state index contributed by atoms with van der Waals surface area (Å²) in [5, 5.41) is 16.8. The molecule has 7 nitrogen and oxygen atoms in total. The highest BCUT2D eigenvalue weighted by Crippen LogP contribution is 2.41. The first-order valence-electron chi connectivity index (χ1n) is 8.41. The van der Waals surface area contributed by atoms with Crippen molar-refractivity contribution in [1.29, 1.82) is 0 Å². The van der Waals surface area contributed by atoms with Crippen molar-refractivity contribution in [3.8, 4) is 10.6 Å². The Morgan fingerprint density at radius 2 is 2.08 bits per heavy atom. The van der Waals surface area contributed by atoms with E-state index in [4.69, 9.17) is 16.3 Å². The molecular formula is C17H22ClN5O2S. The Morgan fingerprint density at radius 3 is 2.73 bits per heavy atom. The zero-order chi connectivity index (χ0) is 18.9. The summed E-state index contributed by atoms with van der Waals surface area (Å²) < 4.78 is 5.28. The van der Waals surface area contributed by atoms with Crippen LogP contribution in [0, 0.1) is 0 Å². The average Bonchev–Trinajstić information content (AvgIpc) is 2.97. The van der Waals surface area contributed by atoms with Crippen LogP contribution < -0.4 is 10.6 Å². The molecule has 0 bridgehead atoms. The third kappa shape index (κ3) is 4.42. The number of nitrogens with one attached hydrogen (secondary N) is 2. The molecular weight excluding hydrogens is 374 g/mol. The number of hydrogen-bond acceptors (Lipinski definition) is 7. The Hall–Kier alpha value is -1.93. The lowest BCUT2D eigenvalue weighted by Gasteiger charge is -2.34. The molecule has 1 saturated carbocycles. The second-order valence-corrected chi connectivity index (χ2v) is 8.66. The summed E-state index contributed by atoms with van der Waals surface area (Å²) in [5.74, 6) is 0.305. The number of rotatable bonds is 4. The minimum absolute atomic E-state index is 0.118. The van der Waals surface area contributed by atoms with Crippen LogP contribution in [0.3, 0.4) is 0 Å². The Bertz CT molecular complexity index is 799. The molecule has 140 valence electrons. The maximum absolute atomic E-state index is 11.8. The summed E-state index contributed by atoms with van der Waals surface area (Å²) in [4.78, 5) is 15.9. The summed E-state index contributed by atoms with van der Waals surface area (Å²) in [5.41, 5.74) is 1.26. The molecule has 0 radical (unpaired) electrons. The quantitative estimate of drug-likeness (QED) is 0.758. The number of carbonyl (C=O) groups is 1. The molecule has 0 aromatic carbocycles. The summed E-state index contributed by atoms with van der Waals surface area (Å²) in [6.07, 6.45) is 3.01. The van der Waals surface area contributed by atoms with Gasteiger partial charge in [0.05, 0.1) is 5.56 Å². The standard InChI is InChI=1S/C17H22ClN5O2S/c1-17(2,3)25-16(24)21-10-5-9(6-10)14-22-23-15(26-14)11-8-20-13(18)7-12(11)19-4/h7-10H,5-6H2,1-4H3,(H,19,20)(H,21,24). The highest BCUT2D eigenvalue weighted by molar-refractivity contribution is 7.14. The lowest BCUT2D eigenvalue weighted by atomic mass is 9.81. The number of alkyl carbamates (subject to hydrolysis) is 1. The number of hydrogen-bond donors (Lipinski definition) is 2. The van der Waals surface area contributed by atoms with Crippen LogP contribution in [0.4, 0.5) is 10.5 Å². The maximum atomic E-state index is 11.8. The molecule has 0 saturated heterocycles. The predicted molar refractivity (Wildman–Crippen MR) is 103 cm³/mol. The molecule has 0 atom stereocenters. The van der Waals surface area contributed by atoms with E-state index in [1.165, 1.54) is 0 Å². The lowest BCUT2D eigenvalue weighted by Crippen LogP contribution is -2.45. The van der Waals surface area contributed by atoms with Crippen molar-refractivity contribution < 1.29 is 9.53 Å². The molecule has 26 heavy (non-hydrogen) atoms. The van der Waals surface area contributed by atoms with Crippen LogP contribution in [0.5, 0.6) is 0 Å². The molecule has 1 aliphatic rings. The van der Waals surface area contributed by atoms with Crippen molar-refractivity contribution in [2.75, 3.05) is 12.4 Å². The Morgan fingerprint density at radius 1 is 1.35 bits per heavy atom. The van der Waals surface area contributed by atoms with Gasteiger partial charge in [-0.15, -0.1) is 10.2 Å². The highest BCUT2D eigenvalue weighted by atomic mass is 35.5. The van der Waals surface area contributed by atoms with Gasteiger partial charge in [0.25, 0.3) is 0 Å². The Balaban J connectivity index is 1.60. The van der Waals surface area contributed by atoms with Crippen molar-refractivity contribution in [1.82, 2.24) is 20.5 Å². The normalized spacial score (nSPS) is 19.6. The summed E-state index contributed by atoms with van der Waals surface area (Å²) >= 11 is 7.49. The van der Waals surface area contributed by atoms with Gasteiger partial charge < -0.3 is 15.4 Å². The van der Waals surface area contributed by atoms with E-state index in [2.05, 4.69) is 25.8 Å². The van der Waals surface area contributed by atoms with Crippen LogP contribution in [-0.2, 0) is 4.74 Å². The maximum Gasteiger partial charge on any atom is 0.407 e. The van der Waals surface area contributed by atoms with Gasteiger partial charge in [-0.25, -0.2) is 9.78 Å². The number of pyridine rings is 1. The number of carbonyl (C=O) groups excluding carboxylic acids is 1. The number of halogens is 1. The van der Waals surface area contributed by atoms with Gasteiger partial charge in [0.2, 0.25) is 0 Å². The molecule has 0 aliphatic heterocycles. The fourth-order valence-electron chi connectivity index (χ4n) is 2.73. The van der Waals surface area contributed by atoms with Crippen molar-refractivity contribution in [2.45, 2.75) is 51.2 Å². The minimum Gasteiger partial charge on any atom is -0.444 e. The van der Waals surface area contributed by atoms with Crippen molar-refractivity contribution >= 4 is 34.7 Å². The first-order valence-corrected chi connectivity index (χ1v) is 9.61. The molecule has 2 heterocycles. The van der Waals surface area contributed by atoms with Gasteiger partial charge in [-0.1, -0.05) is 22.9 Å². The molecule has 1 aliphatic carbocycles. The second kappa shape index (κ2) is 7.36. The van der Waals surface area contributed by atoms with Gasteiger partial charge in [0.15, 0.2) is 5.01 Å². The zero-order valence-electron chi connectivity index (χ0n) is 15.2. The molecule has 1 fully saturated rings. The smallest absolute Gasteiger partial charge is 0.407 e. The second-order valence-electron chi connectivity index (χ2n) is 7.26. The number of aromatic nitrogens is 3. The van der Waals surface area contributed by atoms with E-state index in [0.29, 0.717) is 11.1 Å². The molecule has 0 unspecified atom stereocenters. The summed E-state index contributed by atoms with van der Waals surface area (Å²) in [6.45, 7) is 5.55. The van der Waals surface area contributed by atoms with E-state index in [9.17, 15) is 4.79 Å². The predicted octanol–water partition coefficient (Wildman–Crippen LogP) is 4.07. The van der Waals surface area contributed by atoms with E-state index in [-0.39, 0.29) is 12.1 Å². The van der Waals surface area contributed by atoms with Gasteiger partial charge in [0, 0.05) is 30.9 Å². The van der Waals surface area contributed by atoms with Crippen LogP contribution in [0.1, 0.15) is 44.5 Å². The first-order chi connectivity index (χ1) is 12.2. The van der Waals surface area contributed by atoms with Crippen LogP contribution in [0.15, 0.2) is 12.3 Å². The van der Waals surface area contributed by atoms with E-state index in [1.54, 1.807) is 23.6 Å². The summed E-state index contributed by atoms with van der Waals surface area (Å²) in [7, 11) is 1.83. The lowest BCUT2D eigenvalue weighted by molar-refractivity contribution is 0.0471. The largest absolute Gasteiger partial charge is 0.444 e. The van der Waals surface area contributed by atoms with E-state index < -0.39 is 5.60 Å². The van der Waals surface area contributed by atoms with E-state index >= 15 is 0 Å². The van der Waals surface area contributed by atoms with Crippen molar-refractivity contribution in [3.05, 3.63) is 22.4 Å². The number of anilines is 1. The molecule has 0 spiro atoms. The third-order valence-corrected chi connectivity index (χ3v) is 5.34. The van der Waals surface area contributed by atoms with Crippen LogP contribution in [0.25, 0.3) is 10.6 Å². The van der Waals surface area contributed by atoms with Gasteiger partial charge >= 0.3 is 6.09 Å².